The number of benzene rings is 5. The van der Waals surface area contributed by atoms with Crippen LogP contribution < -0.4 is 0 Å². The minimum absolute atomic E-state index is 0.119. The van der Waals surface area contributed by atoms with Crippen LogP contribution in [-0.2, 0) is 0 Å². The predicted molar refractivity (Wildman–Crippen MR) is 187 cm³/mol. The SMILES string of the molecule is CC.CC.CC.CC.O=C1c2ccc3c4ccc5c6c(ccc(c7ccc(c2c37)C(=O)N1CCCO)c64)C(=O)N(CCCO)C5=O. The Morgan fingerprint density at radius 2 is 0.652 bits per heavy atom. The van der Waals surface area contributed by atoms with E-state index in [0.29, 0.717) is 45.9 Å². The zero-order chi connectivity index (χ0) is 34.3. The molecule has 0 saturated heterocycles. The first-order chi connectivity index (χ1) is 22.5. The molecule has 7 rings (SSSR count). The summed E-state index contributed by atoms with van der Waals surface area (Å²) in [6.07, 6.45) is 0.613. The molecule has 4 amide bonds. The summed E-state index contributed by atoms with van der Waals surface area (Å²) in [5.41, 5.74) is 1.77. The highest BCUT2D eigenvalue weighted by atomic mass is 16.3. The average molecular weight is 627 g/mol. The van der Waals surface area contributed by atoms with Gasteiger partial charge in [0.15, 0.2) is 0 Å². The summed E-state index contributed by atoms with van der Waals surface area (Å²) in [7, 11) is 0. The van der Waals surface area contributed by atoms with Crippen LogP contribution >= 0.6 is 0 Å². The van der Waals surface area contributed by atoms with Gasteiger partial charge in [0.25, 0.3) is 23.6 Å². The van der Waals surface area contributed by atoms with Crippen molar-refractivity contribution in [3.63, 3.8) is 0 Å². The van der Waals surface area contributed by atoms with E-state index in [0.717, 1.165) is 32.3 Å². The molecule has 0 radical (unpaired) electrons. The van der Waals surface area contributed by atoms with Crippen LogP contribution in [-0.4, -0.2) is 69.9 Å². The van der Waals surface area contributed by atoms with Gasteiger partial charge in [-0.1, -0.05) is 79.7 Å². The van der Waals surface area contributed by atoms with Gasteiger partial charge in [-0.2, -0.15) is 0 Å². The van der Waals surface area contributed by atoms with Gasteiger partial charge in [0.2, 0.25) is 0 Å². The Morgan fingerprint density at radius 1 is 0.413 bits per heavy atom. The van der Waals surface area contributed by atoms with Crippen molar-refractivity contribution >= 4 is 66.7 Å². The van der Waals surface area contributed by atoms with Crippen molar-refractivity contribution in [3.05, 3.63) is 70.8 Å². The van der Waals surface area contributed by atoms with Crippen LogP contribution in [0.3, 0.4) is 0 Å². The number of hydrogen-bond acceptors (Lipinski definition) is 6. The number of rotatable bonds is 6. The third-order valence-electron chi connectivity index (χ3n) is 7.88. The second-order valence-electron chi connectivity index (χ2n) is 9.82. The number of aliphatic hydroxyl groups is 2. The molecule has 244 valence electrons. The first kappa shape index (κ1) is 36.1. The molecule has 0 saturated carbocycles. The molecule has 8 heteroatoms. The number of nitrogens with zero attached hydrogens (tertiary/aromatic N) is 2. The maximum atomic E-state index is 13.3. The van der Waals surface area contributed by atoms with Gasteiger partial charge < -0.3 is 10.2 Å². The second-order valence-corrected chi connectivity index (χ2v) is 9.82. The lowest BCUT2D eigenvalue weighted by atomic mass is 9.82. The van der Waals surface area contributed by atoms with Crippen LogP contribution in [0.1, 0.15) is 110 Å². The maximum absolute atomic E-state index is 13.3. The number of carbonyl (C=O) groups is 4. The van der Waals surface area contributed by atoms with E-state index in [-0.39, 0.29) is 49.9 Å². The molecule has 0 atom stereocenters. The monoisotopic (exact) mass is 626 g/mol. The molecule has 0 aliphatic carbocycles. The van der Waals surface area contributed by atoms with E-state index in [1.54, 1.807) is 24.3 Å². The van der Waals surface area contributed by atoms with Gasteiger partial charge in [-0.05, 0) is 69.4 Å². The van der Waals surface area contributed by atoms with Gasteiger partial charge in [-0.15, -0.1) is 0 Å². The van der Waals surface area contributed by atoms with Crippen LogP contribution in [0.15, 0.2) is 48.5 Å². The largest absolute Gasteiger partial charge is 0.396 e. The molecular formula is C38H46N2O6. The van der Waals surface area contributed by atoms with Gasteiger partial charge in [-0.3, -0.25) is 29.0 Å². The summed E-state index contributed by atoms with van der Waals surface area (Å²) in [6.45, 7) is 16.0. The lowest BCUT2D eigenvalue weighted by Gasteiger charge is -2.30. The molecule has 2 aliphatic heterocycles. The number of hydrogen-bond donors (Lipinski definition) is 2. The fourth-order valence-corrected chi connectivity index (χ4v) is 6.23. The molecule has 0 unspecified atom stereocenters. The van der Waals surface area contributed by atoms with Crippen molar-refractivity contribution in [3.8, 4) is 0 Å². The Bertz CT molecular complexity index is 1640. The Balaban J connectivity index is 0.000000671. The topological polar surface area (TPSA) is 115 Å². The Labute approximate surface area is 270 Å². The van der Waals surface area contributed by atoms with Crippen LogP contribution in [0.25, 0.3) is 43.1 Å². The van der Waals surface area contributed by atoms with Crippen molar-refractivity contribution in [2.75, 3.05) is 26.3 Å². The van der Waals surface area contributed by atoms with E-state index >= 15 is 0 Å². The first-order valence-corrected chi connectivity index (χ1v) is 16.6. The van der Waals surface area contributed by atoms with Gasteiger partial charge in [0.1, 0.15) is 0 Å². The number of imide groups is 2. The highest BCUT2D eigenvalue weighted by molar-refractivity contribution is 6.41. The molecule has 0 spiro atoms. The molecule has 0 fully saturated rings. The van der Waals surface area contributed by atoms with E-state index in [4.69, 9.17) is 0 Å². The number of aliphatic hydroxyl groups excluding tert-OH is 2. The quantitative estimate of drug-likeness (QED) is 0.113. The van der Waals surface area contributed by atoms with E-state index in [9.17, 15) is 29.4 Å². The Kier molecular flexibility index (Phi) is 12.3. The van der Waals surface area contributed by atoms with Crippen LogP contribution in [0, 0.1) is 0 Å². The van der Waals surface area contributed by atoms with Gasteiger partial charge in [-0.25, -0.2) is 0 Å². The standard InChI is InChI=1S/C30H22N2O6.4C2H6/c33-13-1-11-31-27(35)19-7-3-15-17-5-9-21-26-22(30(38)32(29(21)37)12-2-14-34)10-6-18(24(17)26)16-4-8-20(28(31)36)25(19)23(15)16;4*1-2/h3-10,33-34H,1-2,11-14H2;4*1-2H3. The zero-order valence-corrected chi connectivity index (χ0v) is 28.3. The van der Waals surface area contributed by atoms with Crippen LogP contribution in [0.4, 0.5) is 0 Å². The second kappa shape index (κ2) is 15.7. The van der Waals surface area contributed by atoms with Crippen molar-refractivity contribution < 1.29 is 29.4 Å². The Hall–Kier alpha value is -4.40. The van der Waals surface area contributed by atoms with Gasteiger partial charge >= 0.3 is 0 Å². The molecule has 0 aromatic heterocycles. The zero-order valence-electron chi connectivity index (χ0n) is 28.3. The smallest absolute Gasteiger partial charge is 0.261 e. The van der Waals surface area contributed by atoms with Crippen molar-refractivity contribution in [1.82, 2.24) is 9.80 Å². The maximum Gasteiger partial charge on any atom is 0.261 e. The molecule has 5 aromatic rings. The molecule has 2 aliphatic rings. The summed E-state index contributed by atoms with van der Waals surface area (Å²) in [5.74, 6) is -1.52. The Morgan fingerprint density at radius 3 is 0.870 bits per heavy atom. The van der Waals surface area contributed by atoms with Crippen molar-refractivity contribution in [2.24, 2.45) is 0 Å². The summed E-state index contributed by atoms with van der Waals surface area (Å²) >= 11 is 0. The van der Waals surface area contributed by atoms with E-state index in [2.05, 4.69) is 0 Å². The highest BCUT2D eigenvalue weighted by Gasteiger charge is 2.36. The van der Waals surface area contributed by atoms with Crippen molar-refractivity contribution in [2.45, 2.75) is 68.2 Å². The third kappa shape index (κ3) is 5.50. The van der Waals surface area contributed by atoms with Crippen LogP contribution in [0.2, 0.25) is 0 Å². The fraction of sp³-hybridized carbons (Fsp3) is 0.368. The van der Waals surface area contributed by atoms with E-state index in [1.165, 1.54) is 9.80 Å². The number of carbonyl (C=O) groups excluding carboxylic acids is 4. The fourth-order valence-electron chi connectivity index (χ4n) is 6.23. The summed E-state index contributed by atoms with van der Waals surface area (Å²) in [5, 5.41) is 24.6. The minimum atomic E-state index is -0.380. The van der Waals surface area contributed by atoms with Crippen molar-refractivity contribution in [1.29, 1.82) is 0 Å². The molecule has 8 nitrogen and oxygen atoms in total. The first-order valence-electron chi connectivity index (χ1n) is 16.6. The molecule has 2 N–H and O–H groups in total. The lowest BCUT2D eigenvalue weighted by Crippen LogP contribution is -2.41. The molecule has 0 bridgehead atoms. The van der Waals surface area contributed by atoms with E-state index in [1.807, 2.05) is 79.7 Å². The average Bonchev–Trinajstić information content (AvgIpc) is 3.12. The minimum Gasteiger partial charge on any atom is -0.396 e. The highest BCUT2D eigenvalue weighted by Crippen LogP contribution is 2.46. The number of amides is 4. The van der Waals surface area contributed by atoms with Crippen LogP contribution in [0.5, 0.6) is 0 Å². The molecule has 2 heterocycles. The number of fused-ring (bicyclic) bond motifs is 2. The predicted octanol–water partition coefficient (Wildman–Crippen LogP) is 7.80. The lowest BCUT2D eigenvalue weighted by molar-refractivity contribution is 0.0585. The molecular weight excluding hydrogens is 580 g/mol. The normalized spacial score (nSPS) is 13.2. The third-order valence-corrected chi connectivity index (χ3v) is 7.88. The van der Waals surface area contributed by atoms with Gasteiger partial charge in [0, 0.05) is 59.3 Å². The summed E-state index contributed by atoms with van der Waals surface area (Å²) < 4.78 is 0. The van der Waals surface area contributed by atoms with E-state index < -0.39 is 0 Å². The van der Waals surface area contributed by atoms with Gasteiger partial charge in [0.05, 0.1) is 0 Å². The summed E-state index contributed by atoms with van der Waals surface area (Å²) in [6, 6.07) is 14.4. The summed E-state index contributed by atoms with van der Waals surface area (Å²) in [4.78, 5) is 55.7. The molecule has 46 heavy (non-hydrogen) atoms. The molecule has 5 aromatic carbocycles.